The van der Waals surface area contributed by atoms with Crippen LogP contribution in [0, 0.1) is 19.7 Å². The van der Waals surface area contributed by atoms with E-state index >= 15 is 0 Å². The largest absolute Gasteiger partial charge is 0.467 e. The second-order valence-corrected chi connectivity index (χ2v) is 4.27. The van der Waals surface area contributed by atoms with Gasteiger partial charge in [0.05, 0.1) is 6.26 Å². The Morgan fingerprint density at radius 3 is 2.38 bits per heavy atom. The van der Waals surface area contributed by atoms with Gasteiger partial charge in [-0.3, -0.25) is 0 Å². The summed E-state index contributed by atoms with van der Waals surface area (Å²) in [5.74, 6) is 0.446. The Balaban J connectivity index is 2.48. The first-order valence-corrected chi connectivity index (χ1v) is 5.47. The van der Waals surface area contributed by atoms with Gasteiger partial charge in [-0.1, -0.05) is 0 Å². The Hall–Kier alpha value is -1.28. The average molecular weight is 239 g/mol. The van der Waals surface area contributed by atoms with E-state index in [1.165, 1.54) is 12.1 Å². The van der Waals surface area contributed by atoms with E-state index in [-0.39, 0.29) is 11.2 Å². The zero-order valence-electron chi connectivity index (χ0n) is 9.13. The first-order valence-electron chi connectivity index (χ1n) is 5.03. The molecule has 2 rings (SSSR count). The predicted octanol–water partition coefficient (Wildman–Crippen LogP) is 4.36. The van der Waals surface area contributed by atoms with E-state index in [1.807, 2.05) is 19.9 Å². The molecule has 0 aliphatic rings. The van der Waals surface area contributed by atoms with Gasteiger partial charge in [0.25, 0.3) is 0 Å². The van der Waals surface area contributed by atoms with Crippen LogP contribution in [0.15, 0.2) is 34.9 Å². The molecule has 0 saturated heterocycles. The third kappa shape index (κ3) is 1.98. The molecule has 0 aliphatic carbocycles. The third-order valence-corrected chi connectivity index (χ3v) is 3.04. The smallest absolute Gasteiger partial charge is 0.126 e. The van der Waals surface area contributed by atoms with Crippen LogP contribution >= 0.6 is 11.6 Å². The molecule has 0 N–H and O–H groups in total. The van der Waals surface area contributed by atoms with Crippen molar-refractivity contribution in [2.45, 2.75) is 19.2 Å². The second-order valence-electron chi connectivity index (χ2n) is 3.83. The van der Waals surface area contributed by atoms with Crippen LogP contribution in [0.1, 0.15) is 27.8 Å². The summed E-state index contributed by atoms with van der Waals surface area (Å²) < 4.78 is 18.4. The fourth-order valence-electron chi connectivity index (χ4n) is 1.90. The van der Waals surface area contributed by atoms with Crippen LogP contribution in [-0.2, 0) is 0 Å². The van der Waals surface area contributed by atoms with Crippen LogP contribution in [0.2, 0.25) is 0 Å². The molecule has 0 saturated carbocycles. The maximum Gasteiger partial charge on any atom is 0.126 e. The van der Waals surface area contributed by atoms with E-state index in [9.17, 15) is 4.39 Å². The van der Waals surface area contributed by atoms with Crippen molar-refractivity contribution in [1.29, 1.82) is 0 Å². The molecule has 16 heavy (non-hydrogen) atoms. The molecule has 0 radical (unpaired) electrons. The van der Waals surface area contributed by atoms with Crippen molar-refractivity contribution in [3.8, 4) is 0 Å². The molecule has 0 amide bonds. The molecule has 84 valence electrons. The van der Waals surface area contributed by atoms with Gasteiger partial charge in [-0.2, -0.15) is 0 Å². The Morgan fingerprint density at radius 2 is 1.88 bits per heavy atom. The lowest BCUT2D eigenvalue weighted by Crippen LogP contribution is -1.99. The summed E-state index contributed by atoms with van der Waals surface area (Å²) in [6.45, 7) is 3.70. The molecule has 3 heteroatoms. The first kappa shape index (κ1) is 11.2. The van der Waals surface area contributed by atoms with Crippen molar-refractivity contribution in [3.05, 3.63) is 58.8 Å². The predicted molar refractivity (Wildman–Crippen MR) is 62.3 cm³/mol. The summed E-state index contributed by atoms with van der Waals surface area (Å²) in [4.78, 5) is 0. The molecular weight excluding hydrogens is 227 g/mol. The highest BCUT2D eigenvalue weighted by molar-refractivity contribution is 6.22. The van der Waals surface area contributed by atoms with E-state index < -0.39 is 0 Å². The lowest BCUT2D eigenvalue weighted by Gasteiger charge is -2.14. The van der Waals surface area contributed by atoms with E-state index in [2.05, 4.69) is 0 Å². The molecule has 1 atom stereocenters. The van der Waals surface area contributed by atoms with E-state index in [1.54, 1.807) is 12.3 Å². The van der Waals surface area contributed by atoms with Gasteiger partial charge < -0.3 is 4.42 Å². The van der Waals surface area contributed by atoms with Crippen molar-refractivity contribution in [3.63, 3.8) is 0 Å². The highest BCUT2D eigenvalue weighted by Gasteiger charge is 2.18. The molecule has 1 aromatic heterocycles. The maximum atomic E-state index is 13.1. The van der Waals surface area contributed by atoms with Crippen molar-refractivity contribution in [2.24, 2.45) is 0 Å². The fourth-order valence-corrected chi connectivity index (χ4v) is 2.37. The van der Waals surface area contributed by atoms with Gasteiger partial charge in [0.15, 0.2) is 0 Å². The number of aryl methyl sites for hydroxylation is 2. The highest BCUT2D eigenvalue weighted by Crippen LogP contribution is 2.33. The molecule has 1 nitrogen and oxygen atoms in total. The number of benzene rings is 1. The Kier molecular flexibility index (Phi) is 3.01. The lowest BCUT2D eigenvalue weighted by atomic mass is 9.98. The van der Waals surface area contributed by atoms with Gasteiger partial charge in [0, 0.05) is 0 Å². The van der Waals surface area contributed by atoms with Crippen LogP contribution in [0.5, 0.6) is 0 Å². The van der Waals surface area contributed by atoms with Crippen LogP contribution < -0.4 is 0 Å². The number of rotatable bonds is 2. The van der Waals surface area contributed by atoms with Crippen molar-refractivity contribution >= 4 is 11.6 Å². The molecule has 0 fully saturated rings. The monoisotopic (exact) mass is 238 g/mol. The van der Waals surface area contributed by atoms with Gasteiger partial charge >= 0.3 is 0 Å². The normalized spacial score (nSPS) is 12.8. The van der Waals surface area contributed by atoms with Crippen molar-refractivity contribution < 1.29 is 8.81 Å². The molecule has 2 aromatic rings. The molecule has 1 aromatic carbocycles. The van der Waals surface area contributed by atoms with E-state index in [0.717, 1.165) is 16.7 Å². The summed E-state index contributed by atoms with van der Waals surface area (Å²) in [6, 6.07) is 6.58. The molecule has 0 spiro atoms. The average Bonchev–Trinajstić information content (AvgIpc) is 2.67. The molecular formula is C13H12ClFO. The van der Waals surface area contributed by atoms with Crippen molar-refractivity contribution in [1.82, 2.24) is 0 Å². The van der Waals surface area contributed by atoms with Crippen LogP contribution in [-0.4, -0.2) is 0 Å². The summed E-state index contributed by atoms with van der Waals surface area (Å²) in [6.07, 6.45) is 1.58. The lowest BCUT2D eigenvalue weighted by molar-refractivity contribution is 0.515. The minimum atomic E-state index is -0.365. The third-order valence-electron chi connectivity index (χ3n) is 2.60. The summed E-state index contributed by atoms with van der Waals surface area (Å²) in [5, 5.41) is -0.365. The standard InChI is InChI=1S/C13H12ClFO/c1-8-6-10(15)7-9(2)12(8)13(14)11-4-3-5-16-11/h3-7,13H,1-2H3. The van der Waals surface area contributed by atoms with Crippen LogP contribution in [0.4, 0.5) is 4.39 Å². The summed E-state index contributed by atoms with van der Waals surface area (Å²) >= 11 is 6.32. The Bertz CT molecular complexity index is 468. The Morgan fingerprint density at radius 1 is 1.25 bits per heavy atom. The van der Waals surface area contributed by atoms with Gasteiger partial charge in [-0.25, -0.2) is 4.39 Å². The molecule has 0 aliphatic heterocycles. The topological polar surface area (TPSA) is 13.1 Å². The summed E-state index contributed by atoms with van der Waals surface area (Å²) in [7, 11) is 0. The Labute approximate surface area is 98.8 Å². The SMILES string of the molecule is Cc1cc(F)cc(C)c1C(Cl)c1ccco1. The number of alkyl halides is 1. The van der Waals surface area contributed by atoms with Crippen LogP contribution in [0.3, 0.4) is 0 Å². The molecule has 1 heterocycles. The molecule has 1 unspecified atom stereocenters. The molecule has 0 bridgehead atoms. The van der Waals surface area contributed by atoms with Crippen LogP contribution in [0.25, 0.3) is 0 Å². The minimum Gasteiger partial charge on any atom is -0.467 e. The summed E-state index contributed by atoms with van der Waals surface area (Å²) in [5.41, 5.74) is 2.60. The highest BCUT2D eigenvalue weighted by atomic mass is 35.5. The fraction of sp³-hybridized carbons (Fsp3) is 0.231. The minimum absolute atomic E-state index is 0.234. The van der Waals surface area contributed by atoms with Gasteiger partial charge in [-0.15, -0.1) is 11.6 Å². The van der Waals surface area contributed by atoms with Gasteiger partial charge in [0.2, 0.25) is 0 Å². The van der Waals surface area contributed by atoms with Gasteiger partial charge in [0.1, 0.15) is 17.0 Å². The number of furan rings is 1. The van der Waals surface area contributed by atoms with Gasteiger partial charge in [-0.05, 0) is 54.8 Å². The number of hydrogen-bond acceptors (Lipinski definition) is 1. The van der Waals surface area contributed by atoms with E-state index in [0.29, 0.717) is 5.76 Å². The second kappa shape index (κ2) is 4.30. The number of hydrogen-bond donors (Lipinski definition) is 0. The quantitative estimate of drug-likeness (QED) is 0.709. The zero-order chi connectivity index (χ0) is 11.7. The van der Waals surface area contributed by atoms with E-state index in [4.69, 9.17) is 16.0 Å². The first-order chi connectivity index (χ1) is 7.59. The van der Waals surface area contributed by atoms with Crippen molar-refractivity contribution in [2.75, 3.05) is 0 Å². The zero-order valence-corrected chi connectivity index (χ0v) is 9.88. The number of halogens is 2. The maximum absolute atomic E-state index is 13.1.